The van der Waals surface area contributed by atoms with E-state index in [0.717, 1.165) is 12.8 Å². The molecule has 0 aliphatic carbocycles. The van der Waals surface area contributed by atoms with Gasteiger partial charge in [-0.3, -0.25) is 4.79 Å². The van der Waals surface area contributed by atoms with Gasteiger partial charge in [0.15, 0.2) is 0 Å². The van der Waals surface area contributed by atoms with Crippen molar-refractivity contribution in [2.45, 2.75) is 12.8 Å². The summed E-state index contributed by atoms with van der Waals surface area (Å²) in [5, 5.41) is 21.9. The molecule has 1 saturated heterocycles. The minimum atomic E-state index is -0.322. The van der Waals surface area contributed by atoms with E-state index in [0.29, 0.717) is 19.8 Å². The first-order chi connectivity index (χ1) is 9.17. The van der Waals surface area contributed by atoms with E-state index in [1.807, 2.05) is 0 Å². The molecule has 1 fully saturated rings. The summed E-state index contributed by atoms with van der Waals surface area (Å²) in [7, 11) is 0. The first-order valence-corrected chi connectivity index (χ1v) is 6.42. The molecule has 1 amide bonds. The van der Waals surface area contributed by atoms with Crippen LogP contribution in [0.2, 0.25) is 0 Å². The second kappa shape index (κ2) is 6.04. The highest BCUT2D eigenvalue weighted by molar-refractivity contribution is 5.96. The van der Waals surface area contributed by atoms with Gasteiger partial charge in [-0.2, -0.15) is 0 Å². The van der Waals surface area contributed by atoms with Crippen LogP contribution < -0.4 is 5.32 Å². The zero-order valence-corrected chi connectivity index (χ0v) is 10.8. The molecule has 1 aliphatic heterocycles. The van der Waals surface area contributed by atoms with E-state index in [1.165, 1.54) is 6.07 Å². The van der Waals surface area contributed by atoms with Crippen molar-refractivity contribution in [2.75, 3.05) is 26.4 Å². The van der Waals surface area contributed by atoms with E-state index in [-0.39, 0.29) is 29.2 Å². The highest BCUT2D eigenvalue weighted by Gasteiger charge is 2.32. The SMILES string of the molecule is O=C(NCC1(CO)CCOCC1)c1ccccc1O. The van der Waals surface area contributed by atoms with Gasteiger partial charge in [0.05, 0.1) is 12.2 Å². The zero-order chi connectivity index (χ0) is 13.7. The van der Waals surface area contributed by atoms with Crippen molar-refractivity contribution in [3.63, 3.8) is 0 Å². The van der Waals surface area contributed by atoms with E-state index in [2.05, 4.69) is 5.32 Å². The molecule has 1 heterocycles. The largest absolute Gasteiger partial charge is 0.507 e. The maximum Gasteiger partial charge on any atom is 0.255 e. The number of para-hydroxylation sites is 1. The number of hydrogen-bond acceptors (Lipinski definition) is 4. The van der Waals surface area contributed by atoms with Crippen LogP contribution in [0.1, 0.15) is 23.2 Å². The Morgan fingerprint density at radius 2 is 2.00 bits per heavy atom. The fourth-order valence-corrected chi connectivity index (χ4v) is 2.22. The van der Waals surface area contributed by atoms with Crippen molar-refractivity contribution in [1.29, 1.82) is 0 Å². The summed E-state index contributed by atoms with van der Waals surface area (Å²) in [5.41, 5.74) is -0.0548. The van der Waals surface area contributed by atoms with Crippen LogP contribution in [-0.2, 0) is 4.74 Å². The van der Waals surface area contributed by atoms with E-state index in [9.17, 15) is 15.0 Å². The fraction of sp³-hybridized carbons (Fsp3) is 0.500. The molecule has 1 aromatic carbocycles. The smallest absolute Gasteiger partial charge is 0.255 e. The van der Waals surface area contributed by atoms with Gasteiger partial charge in [-0.15, -0.1) is 0 Å². The third kappa shape index (κ3) is 3.24. The Hall–Kier alpha value is -1.59. The first-order valence-electron chi connectivity index (χ1n) is 6.42. The molecule has 0 atom stereocenters. The van der Waals surface area contributed by atoms with Crippen LogP contribution in [0.15, 0.2) is 24.3 Å². The van der Waals surface area contributed by atoms with Gasteiger partial charge in [0.25, 0.3) is 5.91 Å². The van der Waals surface area contributed by atoms with E-state index < -0.39 is 0 Å². The van der Waals surface area contributed by atoms with Gasteiger partial charge in [-0.1, -0.05) is 12.1 Å². The molecule has 3 N–H and O–H groups in total. The van der Waals surface area contributed by atoms with Gasteiger partial charge in [-0.25, -0.2) is 0 Å². The molecule has 0 aromatic heterocycles. The van der Waals surface area contributed by atoms with Gasteiger partial charge in [0.2, 0.25) is 0 Å². The van der Waals surface area contributed by atoms with Crippen LogP contribution in [0.25, 0.3) is 0 Å². The zero-order valence-electron chi connectivity index (χ0n) is 10.8. The number of aliphatic hydroxyl groups excluding tert-OH is 1. The number of benzene rings is 1. The fourth-order valence-electron chi connectivity index (χ4n) is 2.22. The van der Waals surface area contributed by atoms with E-state index in [4.69, 9.17) is 4.74 Å². The van der Waals surface area contributed by atoms with Crippen LogP contribution in [-0.4, -0.2) is 42.5 Å². The molecular weight excluding hydrogens is 246 g/mol. The maximum absolute atomic E-state index is 12.0. The number of amides is 1. The molecule has 1 aliphatic rings. The van der Waals surface area contributed by atoms with Crippen LogP contribution >= 0.6 is 0 Å². The lowest BCUT2D eigenvalue weighted by atomic mass is 9.81. The molecule has 5 heteroatoms. The monoisotopic (exact) mass is 265 g/mol. The number of phenolic OH excluding ortho intramolecular Hbond substituents is 1. The first kappa shape index (κ1) is 13.8. The molecule has 0 unspecified atom stereocenters. The number of aliphatic hydroxyl groups is 1. The Kier molecular flexibility index (Phi) is 4.39. The molecule has 0 bridgehead atoms. The number of hydrogen-bond donors (Lipinski definition) is 3. The maximum atomic E-state index is 12.0. The number of rotatable bonds is 4. The third-order valence-corrected chi connectivity index (χ3v) is 3.66. The highest BCUT2D eigenvalue weighted by Crippen LogP contribution is 2.29. The summed E-state index contributed by atoms with van der Waals surface area (Å²) >= 11 is 0. The predicted molar refractivity (Wildman–Crippen MR) is 70.0 cm³/mol. The van der Waals surface area contributed by atoms with Gasteiger partial charge >= 0.3 is 0 Å². The minimum absolute atomic E-state index is 0.0252. The number of carbonyl (C=O) groups excluding carboxylic acids is 1. The number of aromatic hydroxyl groups is 1. The van der Waals surface area contributed by atoms with Crippen LogP contribution in [0.4, 0.5) is 0 Å². The average Bonchev–Trinajstić information content (AvgIpc) is 2.46. The van der Waals surface area contributed by atoms with Crippen molar-refractivity contribution in [3.8, 4) is 5.75 Å². The van der Waals surface area contributed by atoms with Crippen LogP contribution in [0.5, 0.6) is 5.75 Å². The minimum Gasteiger partial charge on any atom is -0.507 e. The second-order valence-electron chi connectivity index (χ2n) is 4.97. The Bertz CT molecular complexity index is 441. The highest BCUT2D eigenvalue weighted by atomic mass is 16.5. The standard InChI is InChI=1S/C14H19NO4/c16-10-14(5-7-19-8-6-14)9-15-13(18)11-3-1-2-4-12(11)17/h1-4,16-17H,5-10H2,(H,15,18). The molecule has 0 saturated carbocycles. The lowest BCUT2D eigenvalue weighted by Crippen LogP contribution is -2.43. The molecule has 19 heavy (non-hydrogen) atoms. The summed E-state index contributed by atoms with van der Waals surface area (Å²) in [6, 6.07) is 6.41. The molecule has 0 radical (unpaired) electrons. The lowest BCUT2D eigenvalue weighted by Gasteiger charge is -2.35. The average molecular weight is 265 g/mol. The summed E-state index contributed by atoms with van der Waals surface area (Å²) in [5.74, 6) is -0.359. The molecule has 5 nitrogen and oxygen atoms in total. The Morgan fingerprint density at radius 3 is 2.63 bits per heavy atom. The van der Waals surface area contributed by atoms with Crippen molar-refractivity contribution in [3.05, 3.63) is 29.8 Å². The third-order valence-electron chi connectivity index (χ3n) is 3.66. The topological polar surface area (TPSA) is 78.8 Å². The molecule has 0 spiro atoms. The number of ether oxygens (including phenoxy) is 1. The van der Waals surface area contributed by atoms with Gasteiger partial charge < -0.3 is 20.3 Å². The Morgan fingerprint density at radius 1 is 1.32 bits per heavy atom. The predicted octanol–water partition coefficient (Wildman–Crippen LogP) is 0.911. The molecular formula is C14H19NO4. The summed E-state index contributed by atoms with van der Waals surface area (Å²) < 4.78 is 5.27. The Balaban J connectivity index is 1.98. The second-order valence-corrected chi connectivity index (χ2v) is 4.97. The number of carbonyl (C=O) groups is 1. The van der Waals surface area contributed by atoms with E-state index in [1.54, 1.807) is 18.2 Å². The quantitative estimate of drug-likeness (QED) is 0.756. The van der Waals surface area contributed by atoms with Gasteiger partial charge in [0, 0.05) is 25.2 Å². The molecule has 1 aromatic rings. The molecule has 2 rings (SSSR count). The van der Waals surface area contributed by atoms with E-state index >= 15 is 0 Å². The normalized spacial score (nSPS) is 17.9. The van der Waals surface area contributed by atoms with Crippen molar-refractivity contribution in [2.24, 2.45) is 5.41 Å². The summed E-state index contributed by atoms with van der Waals surface area (Å²) in [4.78, 5) is 12.0. The van der Waals surface area contributed by atoms with Crippen LogP contribution in [0.3, 0.4) is 0 Å². The van der Waals surface area contributed by atoms with Crippen LogP contribution in [0, 0.1) is 5.41 Å². The Labute approximate surface area is 112 Å². The van der Waals surface area contributed by atoms with Crippen molar-refractivity contribution >= 4 is 5.91 Å². The van der Waals surface area contributed by atoms with Crippen molar-refractivity contribution < 1.29 is 19.7 Å². The lowest BCUT2D eigenvalue weighted by molar-refractivity contribution is -0.0146. The number of phenols is 1. The molecule has 104 valence electrons. The summed E-state index contributed by atoms with van der Waals surface area (Å²) in [6.45, 7) is 1.62. The summed E-state index contributed by atoms with van der Waals surface area (Å²) in [6.07, 6.45) is 1.45. The van der Waals surface area contributed by atoms with Gasteiger partial charge in [-0.05, 0) is 25.0 Å². The number of nitrogens with one attached hydrogen (secondary N) is 1. The van der Waals surface area contributed by atoms with Gasteiger partial charge in [0.1, 0.15) is 5.75 Å². The van der Waals surface area contributed by atoms with Crippen molar-refractivity contribution in [1.82, 2.24) is 5.32 Å².